The molecule has 28 heavy (non-hydrogen) atoms. The highest BCUT2D eigenvalue weighted by molar-refractivity contribution is 5.60. The second kappa shape index (κ2) is 9.11. The summed E-state index contributed by atoms with van der Waals surface area (Å²) in [6.45, 7) is 9.44. The number of piperidine rings is 1. The minimum atomic E-state index is -0.631. The lowest BCUT2D eigenvalue weighted by atomic mass is 9.92. The molecule has 2 fully saturated rings. The van der Waals surface area contributed by atoms with E-state index in [-0.39, 0.29) is 6.61 Å². The van der Waals surface area contributed by atoms with Gasteiger partial charge in [-0.05, 0) is 51.3 Å². The maximum Gasteiger partial charge on any atom is 0.528 e. The lowest BCUT2D eigenvalue weighted by Gasteiger charge is -2.45. The molecular formula is C21H32N2O5. The molecule has 0 aliphatic carbocycles. The van der Waals surface area contributed by atoms with Crippen LogP contribution >= 0.6 is 0 Å². The van der Waals surface area contributed by atoms with Gasteiger partial charge in [-0.25, -0.2) is 4.79 Å². The van der Waals surface area contributed by atoms with Crippen LogP contribution in [0.4, 0.5) is 4.79 Å². The van der Waals surface area contributed by atoms with Gasteiger partial charge in [0, 0.05) is 31.6 Å². The van der Waals surface area contributed by atoms with Crippen molar-refractivity contribution < 1.29 is 24.2 Å². The first-order valence-corrected chi connectivity index (χ1v) is 10.0. The van der Waals surface area contributed by atoms with Crippen LogP contribution in [0.3, 0.4) is 0 Å². The van der Waals surface area contributed by atoms with Gasteiger partial charge in [-0.15, -0.1) is 5.06 Å². The van der Waals surface area contributed by atoms with Crippen LogP contribution in [0.2, 0.25) is 0 Å². The van der Waals surface area contributed by atoms with E-state index in [0.29, 0.717) is 31.7 Å². The van der Waals surface area contributed by atoms with Gasteiger partial charge in [-0.1, -0.05) is 12.1 Å². The third-order valence-corrected chi connectivity index (χ3v) is 5.13. The van der Waals surface area contributed by atoms with Crippen molar-refractivity contribution in [1.29, 1.82) is 0 Å². The molecule has 7 heteroatoms. The molecule has 2 aliphatic heterocycles. The molecule has 7 nitrogen and oxygen atoms in total. The Morgan fingerprint density at radius 2 is 2.04 bits per heavy atom. The molecule has 1 aromatic rings. The van der Waals surface area contributed by atoms with Gasteiger partial charge in [0.25, 0.3) is 0 Å². The number of fused-ring (bicyclic) bond motifs is 1. The van der Waals surface area contributed by atoms with Gasteiger partial charge in [0.05, 0.1) is 19.8 Å². The van der Waals surface area contributed by atoms with Crippen molar-refractivity contribution in [3.05, 3.63) is 29.8 Å². The number of hydrogen-bond donors (Lipinski definition) is 1. The zero-order valence-corrected chi connectivity index (χ0v) is 17.1. The summed E-state index contributed by atoms with van der Waals surface area (Å²) in [6, 6.07) is 8.00. The minimum absolute atomic E-state index is 0.0257. The van der Waals surface area contributed by atoms with Gasteiger partial charge in [0.2, 0.25) is 0 Å². The van der Waals surface area contributed by atoms with E-state index in [0.717, 1.165) is 37.2 Å². The molecule has 2 atom stereocenters. The first-order valence-electron chi connectivity index (χ1n) is 10.0. The molecule has 2 aliphatic rings. The number of rotatable bonds is 5. The summed E-state index contributed by atoms with van der Waals surface area (Å²) in [5.41, 5.74) is 0.315. The summed E-state index contributed by atoms with van der Waals surface area (Å²) in [6.07, 6.45) is 1.51. The third kappa shape index (κ3) is 6.09. The number of ether oxygens (including phenoxy) is 2. The van der Waals surface area contributed by atoms with Gasteiger partial charge in [-0.2, -0.15) is 0 Å². The van der Waals surface area contributed by atoms with Crippen molar-refractivity contribution in [2.24, 2.45) is 5.92 Å². The first kappa shape index (κ1) is 20.9. The van der Waals surface area contributed by atoms with Crippen molar-refractivity contribution >= 4 is 6.16 Å². The van der Waals surface area contributed by atoms with E-state index in [1.807, 2.05) is 45.0 Å². The fourth-order valence-corrected chi connectivity index (χ4v) is 3.77. The highest BCUT2D eigenvalue weighted by atomic mass is 16.8. The van der Waals surface area contributed by atoms with Gasteiger partial charge in [-0.3, -0.25) is 4.90 Å². The summed E-state index contributed by atoms with van der Waals surface area (Å²) < 4.78 is 11.2. The van der Waals surface area contributed by atoms with Gasteiger partial charge < -0.3 is 19.4 Å². The Bertz CT molecular complexity index is 660. The largest absolute Gasteiger partial charge is 0.528 e. The Morgan fingerprint density at radius 3 is 2.79 bits per heavy atom. The number of carbonyl (C=O) groups is 1. The number of hydroxylamine groups is 2. The van der Waals surface area contributed by atoms with Gasteiger partial charge in [0.1, 0.15) is 11.4 Å². The van der Waals surface area contributed by atoms with Crippen LogP contribution in [-0.2, 0) is 16.2 Å². The zero-order chi connectivity index (χ0) is 20.1. The number of benzene rings is 1. The number of aliphatic hydroxyl groups is 1. The van der Waals surface area contributed by atoms with E-state index in [4.69, 9.17) is 14.3 Å². The Hall–Kier alpha value is -1.83. The number of piperazine rings is 1. The van der Waals surface area contributed by atoms with Crippen molar-refractivity contribution in [2.75, 3.05) is 32.8 Å². The molecule has 0 unspecified atom stereocenters. The van der Waals surface area contributed by atoms with Crippen molar-refractivity contribution in [1.82, 2.24) is 9.96 Å². The van der Waals surface area contributed by atoms with E-state index in [2.05, 4.69) is 4.90 Å². The van der Waals surface area contributed by atoms with Crippen molar-refractivity contribution in [3.8, 4) is 5.75 Å². The highest BCUT2D eigenvalue weighted by Gasteiger charge is 2.35. The molecule has 0 amide bonds. The van der Waals surface area contributed by atoms with Crippen LogP contribution in [0, 0.1) is 5.92 Å². The summed E-state index contributed by atoms with van der Waals surface area (Å²) in [7, 11) is 0. The van der Waals surface area contributed by atoms with E-state index in [1.54, 1.807) is 5.06 Å². The average molecular weight is 392 g/mol. The molecule has 1 aromatic carbocycles. The van der Waals surface area contributed by atoms with Crippen molar-refractivity contribution in [3.63, 3.8) is 0 Å². The predicted octanol–water partition coefficient (Wildman–Crippen LogP) is 2.82. The molecule has 0 radical (unpaired) electrons. The summed E-state index contributed by atoms with van der Waals surface area (Å²) in [4.78, 5) is 19.7. The molecule has 0 aromatic heterocycles. The number of aliphatic hydroxyl groups excluding tert-OH is 1. The number of hydrogen-bond acceptors (Lipinski definition) is 7. The molecule has 0 bridgehead atoms. The Labute approximate surface area is 167 Å². The molecular weight excluding hydrogens is 360 g/mol. The second-order valence-electron chi connectivity index (χ2n) is 8.65. The lowest BCUT2D eigenvalue weighted by molar-refractivity contribution is -0.173. The molecule has 2 saturated heterocycles. The standard InChI is InChI=1S/C21H32N2O5/c1-21(2,3)27-20(25)28-23-10-9-22-12-17(7-8-18(22)13-23)15-26-19-6-4-5-16(11-19)14-24/h4-6,11,17-18,24H,7-10,12-15H2,1-3H3/t17-,18+/m1/s1. The smallest absolute Gasteiger partial charge is 0.493 e. The fourth-order valence-electron chi connectivity index (χ4n) is 3.77. The van der Waals surface area contributed by atoms with Crippen LogP contribution in [0.1, 0.15) is 39.2 Å². The van der Waals surface area contributed by atoms with E-state index >= 15 is 0 Å². The van der Waals surface area contributed by atoms with E-state index in [9.17, 15) is 9.90 Å². The van der Waals surface area contributed by atoms with E-state index < -0.39 is 11.8 Å². The van der Waals surface area contributed by atoms with Crippen LogP contribution in [0.15, 0.2) is 24.3 Å². The normalized spacial score (nSPS) is 23.7. The van der Waals surface area contributed by atoms with Gasteiger partial charge >= 0.3 is 6.16 Å². The molecule has 2 heterocycles. The highest BCUT2D eigenvalue weighted by Crippen LogP contribution is 2.26. The maximum atomic E-state index is 11.9. The molecule has 0 saturated carbocycles. The SMILES string of the molecule is CC(C)(C)OC(=O)ON1CCN2C[C@H](COc3cccc(CO)c3)CC[C@H]2C1. The van der Waals surface area contributed by atoms with Crippen molar-refractivity contribution in [2.45, 2.75) is 51.9 Å². The average Bonchev–Trinajstić information content (AvgIpc) is 2.65. The van der Waals surface area contributed by atoms with E-state index in [1.165, 1.54) is 0 Å². The Balaban J connectivity index is 1.43. The Morgan fingerprint density at radius 1 is 1.21 bits per heavy atom. The molecule has 1 N–H and O–H groups in total. The zero-order valence-electron chi connectivity index (χ0n) is 17.1. The maximum absolute atomic E-state index is 11.9. The minimum Gasteiger partial charge on any atom is -0.493 e. The second-order valence-corrected chi connectivity index (χ2v) is 8.65. The van der Waals surface area contributed by atoms with Crippen LogP contribution in [0.25, 0.3) is 0 Å². The molecule has 156 valence electrons. The van der Waals surface area contributed by atoms with Crippen LogP contribution in [0.5, 0.6) is 5.75 Å². The summed E-state index contributed by atoms with van der Waals surface area (Å²) in [5, 5.41) is 11.0. The molecule has 0 spiro atoms. The van der Waals surface area contributed by atoms with Gasteiger partial charge in [0.15, 0.2) is 0 Å². The quantitative estimate of drug-likeness (QED) is 0.773. The fraction of sp³-hybridized carbons (Fsp3) is 0.667. The molecule has 3 rings (SSSR count). The number of carbonyl (C=O) groups excluding carboxylic acids is 1. The lowest BCUT2D eigenvalue weighted by Crippen LogP contribution is -2.57. The predicted molar refractivity (Wildman–Crippen MR) is 105 cm³/mol. The third-order valence-electron chi connectivity index (χ3n) is 5.13. The Kier molecular flexibility index (Phi) is 6.80. The monoisotopic (exact) mass is 392 g/mol. The topological polar surface area (TPSA) is 71.5 Å². The summed E-state index contributed by atoms with van der Waals surface area (Å²) >= 11 is 0. The number of nitrogens with zero attached hydrogens (tertiary/aromatic N) is 2. The van der Waals surface area contributed by atoms with Crippen LogP contribution in [-0.4, -0.2) is 65.7 Å². The summed E-state index contributed by atoms with van der Waals surface area (Å²) in [5.74, 6) is 1.29. The first-order chi connectivity index (χ1) is 13.3. The van der Waals surface area contributed by atoms with Crippen LogP contribution < -0.4 is 4.74 Å².